The van der Waals surface area contributed by atoms with Crippen molar-refractivity contribution in [1.82, 2.24) is 9.97 Å². The monoisotopic (exact) mass is 524 g/mol. The summed E-state index contributed by atoms with van der Waals surface area (Å²) in [5.74, 6) is -0.536. The van der Waals surface area contributed by atoms with Gasteiger partial charge >= 0.3 is 0 Å². The number of hydrogen-bond donors (Lipinski definition) is 6. The third-order valence-corrected chi connectivity index (χ3v) is 7.32. The van der Waals surface area contributed by atoms with E-state index in [1.54, 1.807) is 6.07 Å². The summed E-state index contributed by atoms with van der Waals surface area (Å²) in [6.07, 6.45) is -1.16. The fourth-order valence-electron chi connectivity index (χ4n) is 4.32. The molecule has 1 aromatic heterocycles. The lowest BCUT2D eigenvalue weighted by atomic mass is 10.1. The van der Waals surface area contributed by atoms with Crippen molar-refractivity contribution in [1.29, 1.82) is 5.53 Å². The van der Waals surface area contributed by atoms with Gasteiger partial charge in [0.25, 0.3) is 0 Å². The average molecular weight is 525 g/mol. The van der Waals surface area contributed by atoms with Gasteiger partial charge in [0.05, 0.1) is 25.4 Å². The predicted molar refractivity (Wildman–Crippen MR) is 130 cm³/mol. The molecule has 1 heterocycles. The maximum Gasteiger partial charge on any atom is 0.191 e. The fraction of sp³-hybridized carbons (Fsp3) is 0.565. The molecule has 6 atom stereocenters. The van der Waals surface area contributed by atoms with E-state index in [1.807, 2.05) is 6.92 Å². The largest absolute Gasteiger partial charge is 0.394 e. The Morgan fingerprint density at radius 1 is 1.11 bits per heavy atom. The van der Waals surface area contributed by atoms with Gasteiger partial charge in [0.15, 0.2) is 34.1 Å². The van der Waals surface area contributed by atoms with E-state index in [4.69, 9.17) is 15.4 Å². The van der Waals surface area contributed by atoms with E-state index >= 15 is 0 Å². The molecule has 2 saturated carbocycles. The molecule has 4 rings (SSSR count). The van der Waals surface area contributed by atoms with Crippen molar-refractivity contribution in [2.24, 2.45) is 5.11 Å². The van der Waals surface area contributed by atoms with Gasteiger partial charge in [0, 0.05) is 17.7 Å². The minimum absolute atomic E-state index is 0.0361. The van der Waals surface area contributed by atoms with Gasteiger partial charge in [-0.05, 0) is 37.0 Å². The van der Waals surface area contributed by atoms with E-state index in [-0.39, 0.29) is 43.1 Å². The molecule has 0 bridgehead atoms. The number of benzene rings is 1. The summed E-state index contributed by atoms with van der Waals surface area (Å²) in [5, 5.41) is 40.3. The van der Waals surface area contributed by atoms with Crippen LogP contribution in [0.4, 0.5) is 26.1 Å². The highest BCUT2D eigenvalue weighted by molar-refractivity contribution is 7.99. The minimum Gasteiger partial charge on any atom is -0.394 e. The smallest absolute Gasteiger partial charge is 0.191 e. The van der Waals surface area contributed by atoms with Crippen molar-refractivity contribution in [3.63, 3.8) is 0 Å². The topological polar surface area (TPSA) is 156 Å². The summed E-state index contributed by atoms with van der Waals surface area (Å²) < 4.78 is 32.4. The number of aliphatic hydroxyl groups excluding tert-OH is 3. The molecule has 2 aromatic rings. The Labute approximate surface area is 211 Å². The van der Waals surface area contributed by atoms with E-state index in [1.165, 1.54) is 17.8 Å². The first-order chi connectivity index (χ1) is 17.4. The number of rotatable bonds is 12. The number of halogens is 2. The zero-order valence-electron chi connectivity index (χ0n) is 19.7. The number of aromatic nitrogens is 2. The Morgan fingerprint density at radius 2 is 1.83 bits per heavy atom. The number of thioether (sulfide) groups is 1. The van der Waals surface area contributed by atoms with Gasteiger partial charge in [-0.1, -0.05) is 24.8 Å². The molecule has 10 nitrogen and oxygen atoms in total. The standard InChI is InChI=1S/C23H30F2N6O4S/c1-2-7-36-23-29-21(27-15-9-12(15)11-3-4-13(24)14(25)8-11)18(31-26)22(30-23)28-16-10-17(35-6-5-32)20(34)19(16)33/h3-4,8,12,15-17,19-20,26,32-34H,2,5-7,9-10H2,1H3,(H2,27,28,29,30)/t12-,15+,16+,17-,19-,20+/m0/s1. The van der Waals surface area contributed by atoms with Crippen molar-refractivity contribution < 1.29 is 28.8 Å². The first kappa shape index (κ1) is 26.6. The zero-order valence-corrected chi connectivity index (χ0v) is 20.5. The number of nitrogens with zero attached hydrogens (tertiary/aromatic N) is 3. The molecule has 0 spiro atoms. The summed E-state index contributed by atoms with van der Waals surface area (Å²) in [4.78, 5) is 9.03. The van der Waals surface area contributed by atoms with Crippen LogP contribution in [0.2, 0.25) is 0 Å². The normalized spacial score (nSPS) is 27.2. The summed E-state index contributed by atoms with van der Waals surface area (Å²) in [6, 6.07) is 3.10. The molecule has 36 heavy (non-hydrogen) atoms. The van der Waals surface area contributed by atoms with E-state index in [9.17, 15) is 19.0 Å². The van der Waals surface area contributed by atoms with Gasteiger partial charge in [0.1, 0.15) is 12.2 Å². The van der Waals surface area contributed by atoms with Crippen LogP contribution in [0.5, 0.6) is 0 Å². The number of hydrogen-bond acceptors (Lipinski definition) is 11. The van der Waals surface area contributed by atoms with Gasteiger partial charge < -0.3 is 30.7 Å². The molecule has 0 radical (unpaired) electrons. The second-order valence-corrected chi connectivity index (χ2v) is 9.94. The number of aliphatic hydroxyl groups is 3. The molecule has 6 N–H and O–H groups in total. The Hall–Kier alpha value is -2.45. The third kappa shape index (κ3) is 5.92. The van der Waals surface area contributed by atoms with Crippen molar-refractivity contribution in [3.05, 3.63) is 35.4 Å². The highest BCUT2D eigenvalue weighted by Crippen LogP contribution is 2.45. The van der Waals surface area contributed by atoms with Crippen LogP contribution in [-0.4, -0.2) is 74.6 Å². The van der Waals surface area contributed by atoms with E-state index in [0.29, 0.717) is 23.0 Å². The lowest BCUT2D eigenvalue weighted by Crippen LogP contribution is -2.36. The third-order valence-electron chi connectivity index (χ3n) is 6.27. The highest BCUT2D eigenvalue weighted by atomic mass is 32.2. The SMILES string of the molecule is CCCSc1nc(N[C@@H]2C[C@H](OCCO)[C@@H](O)[C@H]2O)c(N=N)c(N[C@@H]2C[C@H]2c2ccc(F)c(F)c2)n1. The van der Waals surface area contributed by atoms with E-state index < -0.39 is 36.0 Å². The molecular formula is C23H30F2N6O4S. The molecule has 2 fully saturated rings. The maximum atomic E-state index is 13.7. The van der Waals surface area contributed by atoms with E-state index in [2.05, 4.69) is 25.7 Å². The first-order valence-corrected chi connectivity index (χ1v) is 12.8. The lowest BCUT2D eigenvalue weighted by Gasteiger charge is -2.20. The van der Waals surface area contributed by atoms with Crippen LogP contribution in [0.3, 0.4) is 0 Å². The maximum absolute atomic E-state index is 13.7. The van der Waals surface area contributed by atoms with Gasteiger partial charge in [-0.25, -0.2) is 24.3 Å². The minimum atomic E-state index is -1.16. The molecule has 0 unspecified atom stereocenters. The van der Waals surface area contributed by atoms with Crippen LogP contribution in [0, 0.1) is 17.2 Å². The number of anilines is 2. The Kier molecular flexibility index (Phi) is 8.67. The second-order valence-electron chi connectivity index (χ2n) is 8.88. The Morgan fingerprint density at radius 3 is 2.47 bits per heavy atom. The molecule has 1 aromatic carbocycles. The Bertz CT molecular complexity index is 1080. The zero-order chi connectivity index (χ0) is 25.8. The summed E-state index contributed by atoms with van der Waals surface area (Å²) in [5.41, 5.74) is 8.56. The van der Waals surface area contributed by atoms with Crippen molar-refractivity contribution in [2.75, 3.05) is 29.6 Å². The molecule has 13 heteroatoms. The van der Waals surface area contributed by atoms with Crippen LogP contribution in [0.1, 0.15) is 37.7 Å². The van der Waals surface area contributed by atoms with Crippen LogP contribution in [0.15, 0.2) is 28.5 Å². The molecule has 0 aliphatic heterocycles. The summed E-state index contributed by atoms with van der Waals surface area (Å²) >= 11 is 1.43. The number of nitrogens with one attached hydrogen (secondary N) is 3. The number of ether oxygens (including phenoxy) is 1. The van der Waals surface area contributed by atoms with E-state index in [0.717, 1.165) is 18.2 Å². The molecule has 196 valence electrons. The molecule has 2 aliphatic carbocycles. The van der Waals surface area contributed by atoms with Gasteiger partial charge in [0.2, 0.25) is 0 Å². The van der Waals surface area contributed by atoms with Crippen molar-refractivity contribution in [2.45, 2.75) is 67.7 Å². The Balaban J connectivity index is 1.55. The fourth-order valence-corrected chi connectivity index (χ4v) is 5.02. The summed E-state index contributed by atoms with van der Waals surface area (Å²) in [6.45, 7) is 1.86. The van der Waals surface area contributed by atoms with Crippen molar-refractivity contribution in [3.8, 4) is 0 Å². The second kappa shape index (κ2) is 11.7. The van der Waals surface area contributed by atoms with Crippen molar-refractivity contribution >= 4 is 29.1 Å². The molecule has 0 saturated heterocycles. The van der Waals surface area contributed by atoms with Gasteiger partial charge in [-0.2, -0.15) is 5.11 Å². The van der Waals surface area contributed by atoms with Gasteiger partial charge in [-0.3, -0.25) is 0 Å². The molecule has 2 aliphatic rings. The first-order valence-electron chi connectivity index (χ1n) is 11.8. The average Bonchev–Trinajstić information content (AvgIpc) is 3.58. The van der Waals surface area contributed by atoms with Gasteiger partial charge in [-0.15, -0.1) is 0 Å². The van der Waals surface area contributed by atoms with Crippen LogP contribution >= 0.6 is 11.8 Å². The molecule has 0 amide bonds. The predicted octanol–water partition coefficient (Wildman–Crippen LogP) is 3.17. The van der Waals surface area contributed by atoms with Crippen LogP contribution in [0.25, 0.3) is 0 Å². The van der Waals surface area contributed by atoms with Crippen LogP contribution < -0.4 is 10.6 Å². The lowest BCUT2D eigenvalue weighted by molar-refractivity contribution is -0.0612. The van der Waals surface area contributed by atoms with Crippen LogP contribution in [-0.2, 0) is 4.74 Å². The molecular weight excluding hydrogens is 494 g/mol. The summed E-state index contributed by atoms with van der Waals surface area (Å²) in [7, 11) is 0. The highest BCUT2D eigenvalue weighted by Gasteiger charge is 2.43. The quantitative estimate of drug-likeness (QED) is 0.139.